The first-order valence-electron chi connectivity index (χ1n) is 7.85. The predicted octanol–water partition coefficient (Wildman–Crippen LogP) is 1.63. The van der Waals surface area contributed by atoms with Gasteiger partial charge in [-0.25, -0.2) is 4.79 Å². The van der Waals surface area contributed by atoms with Crippen LogP contribution in [0.25, 0.3) is 0 Å². The summed E-state index contributed by atoms with van der Waals surface area (Å²) in [5.74, 6) is -1.95. The minimum Gasteiger partial charge on any atom is -0.465 e. The third kappa shape index (κ3) is 5.60. The van der Waals surface area contributed by atoms with Gasteiger partial charge < -0.3 is 20.8 Å². The molecule has 1 heterocycles. The average molecular weight is 348 g/mol. The van der Waals surface area contributed by atoms with E-state index in [1.54, 1.807) is 0 Å². The molecule has 0 saturated carbocycles. The molecule has 10 nitrogen and oxygen atoms in total. The highest BCUT2D eigenvalue weighted by molar-refractivity contribution is 5.85. The number of unbranched alkanes of at least 4 members (excludes halogenated alkanes) is 1. The van der Waals surface area contributed by atoms with Gasteiger partial charge in [0, 0.05) is 13.0 Å². The van der Waals surface area contributed by atoms with E-state index in [2.05, 4.69) is 31.3 Å². The molecule has 1 atom stereocenters. The zero-order valence-corrected chi connectivity index (χ0v) is 13.5. The molecule has 1 aliphatic rings. The van der Waals surface area contributed by atoms with Crippen molar-refractivity contribution in [3.05, 3.63) is 35.9 Å². The summed E-state index contributed by atoms with van der Waals surface area (Å²) in [6.07, 6.45) is 0.136. The number of rotatable bonds is 9. The van der Waals surface area contributed by atoms with E-state index in [1.165, 1.54) is 0 Å². The lowest BCUT2D eigenvalue weighted by molar-refractivity contribution is -0.125. The second kappa shape index (κ2) is 8.83. The highest BCUT2D eigenvalue weighted by atomic mass is 16.4. The lowest BCUT2D eigenvalue weighted by atomic mass is 10.1. The topological polar surface area (TPSA) is 148 Å². The van der Waals surface area contributed by atoms with Gasteiger partial charge in [0.25, 0.3) is 5.79 Å². The fraction of sp³-hybridized carbons (Fsp3) is 0.467. The number of aliphatic hydroxyl groups is 1. The maximum Gasteiger partial charge on any atom is 0.405 e. The molecule has 0 bridgehead atoms. The minimum absolute atomic E-state index is 0.0260. The van der Waals surface area contributed by atoms with Crippen LogP contribution in [0.4, 0.5) is 4.79 Å². The number of carbonyl (C=O) groups excluding carboxylic acids is 1. The Labute approximate surface area is 144 Å². The molecule has 2 rings (SSSR count). The molecular weight excluding hydrogens is 328 g/mol. The van der Waals surface area contributed by atoms with Crippen LogP contribution in [0.3, 0.4) is 0 Å². The van der Waals surface area contributed by atoms with Gasteiger partial charge in [-0.1, -0.05) is 30.3 Å². The summed E-state index contributed by atoms with van der Waals surface area (Å²) in [6, 6.07) is 8.27. The maximum atomic E-state index is 12.5. The van der Waals surface area contributed by atoms with Crippen LogP contribution in [0.15, 0.2) is 51.0 Å². The van der Waals surface area contributed by atoms with Crippen molar-refractivity contribution in [1.29, 1.82) is 0 Å². The predicted molar refractivity (Wildman–Crippen MR) is 86.6 cm³/mol. The summed E-state index contributed by atoms with van der Waals surface area (Å²) >= 11 is 0. The van der Waals surface area contributed by atoms with Gasteiger partial charge in [-0.3, -0.25) is 4.79 Å². The summed E-state index contributed by atoms with van der Waals surface area (Å²) in [5.41, 5.74) is 0.866. The van der Waals surface area contributed by atoms with Crippen molar-refractivity contribution in [2.45, 2.75) is 37.5 Å². The van der Waals surface area contributed by atoms with Crippen molar-refractivity contribution in [3.8, 4) is 0 Å². The zero-order chi connectivity index (χ0) is 18.1. The van der Waals surface area contributed by atoms with Crippen LogP contribution in [0.2, 0.25) is 0 Å². The van der Waals surface area contributed by atoms with Crippen LogP contribution in [0, 0.1) is 0 Å². The number of nitrogens with one attached hydrogen (secondary N) is 2. The SMILES string of the molecule is O=C(O)N[C@@H](CCCCO)C(=O)NC1(Cc2ccccc2)N=NN=N1. The fourth-order valence-electron chi connectivity index (χ4n) is 2.42. The van der Waals surface area contributed by atoms with Crippen molar-refractivity contribution in [1.82, 2.24) is 10.6 Å². The quantitative estimate of drug-likeness (QED) is 0.502. The minimum atomic E-state index is -1.38. The van der Waals surface area contributed by atoms with Gasteiger partial charge in [0.1, 0.15) is 6.04 Å². The normalized spacial score (nSPS) is 15.7. The Hall–Kier alpha value is -2.88. The Morgan fingerprint density at radius 3 is 2.40 bits per heavy atom. The lowest BCUT2D eigenvalue weighted by Gasteiger charge is -2.24. The summed E-state index contributed by atoms with van der Waals surface area (Å²) in [6.45, 7) is -0.0260. The molecule has 0 spiro atoms. The third-order valence-electron chi connectivity index (χ3n) is 3.59. The van der Waals surface area contributed by atoms with Crippen LogP contribution in [-0.2, 0) is 11.2 Å². The molecular formula is C15H20N6O4. The van der Waals surface area contributed by atoms with E-state index in [-0.39, 0.29) is 19.4 Å². The molecule has 0 fully saturated rings. The molecule has 25 heavy (non-hydrogen) atoms. The van der Waals surface area contributed by atoms with E-state index in [9.17, 15) is 9.59 Å². The Kier molecular flexibility index (Phi) is 6.52. The van der Waals surface area contributed by atoms with Crippen molar-refractivity contribution in [3.63, 3.8) is 0 Å². The summed E-state index contributed by atoms with van der Waals surface area (Å²) in [7, 11) is 0. The van der Waals surface area contributed by atoms with Gasteiger partial charge in [0.2, 0.25) is 5.91 Å². The molecule has 0 aliphatic carbocycles. The van der Waals surface area contributed by atoms with Crippen LogP contribution in [0.5, 0.6) is 0 Å². The monoisotopic (exact) mass is 348 g/mol. The van der Waals surface area contributed by atoms with E-state index in [0.29, 0.717) is 12.8 Å². The Bertz CT molecular complexity index is 637. The van der Waals surface area contributed by atoms with Crippen LogP contribution < -0.4 is 10.6 Å². The number of hydrogen-bond acceptors (Lipinski definition) is 7. The van der Waals surface area contributed by atoms with Gasteiger partial charge in [-0.05, 0) is 35.3 Å². The molecule has 134 valence electrons. The molecule has 0 unspecified atom stereocenters. The van der Waals surface area contributed by atoms with Crippen molar-refractivity contribution >= 4 is 12.0 Å². The number of benzene rings is 1. The first kappa shape index (κ1) is 18.5. The van der Waals surface area contributed by atoms with Gasteiger partial charge in [-0.15, -0.1) is 10.2 Å². The third-order valence-corrected chi connectivity index (χ3v) is 3.59. The number of hydrogen-bond donors (Lipinski definition) is 4. The van der Waals surface area contributed by atoms with E-state index >= 15 is 0 Å². The number of aliphatic hydroxyl groups excluding tert-OH is 1. The first-order valence-corrected chi connectivity index (χ1v) is 7.85. The Balaban J connectivity index is 2.08. The number of amides is 2. The molecule has 1 aromatic rings. The Morgan fingerprint density at radius 1 is 1.12 bits per heavy atom. The van der Waals surface area contributed by atoms with E-state index < -0.39 is 23.8 Å². The summed E-state index contributed by atoms with van der Waals surface area (Å²) in [5, 5.41) is 37.3. The number of nitrogens with zero attached hydrogens (tertiary/aromatic N) is 4. The maximum absolute atomic E-state index is 12.5. The van der Waals surface area contributed by atoms with Crippen molar-refractivity contribution in [2.75, 3.05) is 6.61 Å². The highest BCUT2D eigenvalue weighted by Gasteiger charge is 2.37. The first-order chi connectivity index (χ1) is 12.0. The largest absolute Gasteiger partial charge is 0.465 e. The smallest absolute Gasteiger partial charge is 0.405 e. The molecule has 0 radical (unpaired) electrons. The molecule has 10 heteroatoms. The lowest BCUT2D eigenvalue weighted by Crippen LogP contribution is -2.54. The molecule has 0 saturated heterocycles. The molecule has 4 N–H and O–H groups in total. The standard InChI is InChI=1S/C15H20N6O4/c22-9-5-4-8-12(16-14(24)25)13(23)17-15(18-20-21-19-15)10-11-6-2-1-3-7-11/h1-3,6-7,12,16,22H,4-5,8-10H2,(H,17,23)(H,24,25)/t12-/m0/s1. The van der Waals surface area contributed by atoms with Gasteiger partial charge in [0.15, 0.2) is 0 Å². The van der Waals surface area contributed by atoms with E-state index in [0.717, 1.165) is 5.56 Å². The van der Waals surface area contributed by atoms with Gasteiger partial charge in [0.05, 0.1) is 0 Å². The van der Waals surface area contributed by atoms with Crippen LogP contribution in [0.1, 0.15) is 24.8 Å². The van der Waals surface area contributed by atoms with Crippen molar-refractivity contribution in [2.24, 2.45) is 20.7 Å². The second-order valence-electron chi connectivity index (χ2n) is 5.57. The molecule has 2 amide bonds. The highest BCUT2D eigenvalue weighted by Crippen LogP contribution is 2.23. The number of carboxylic acid groups (broad SMARTS) is 1. The molecule has 1 aliphatic heterocycles. The Morgan fingerprint density at radius 2 is 1.80 bits per heavy atom. The number of carbonyl (C=O) groups is 2. The fourth-order valence-corrected chi connectivity index (χ4v) is 2.42. The van der Waals surface area contributed by atoms with Crippen LogP contribution in [-0.4, -0.2) is 40.6 Å². The van der Waals surface area contributed by atoms with Crippen molar-refractivity contribution < 1.29 is 19.8 Å². The van der Waals surface area contributed by atoms with E-state index in [1.807, 2.05) is 30.3 Å². The van der Waals surface area contributed by atoms with E-state index in [4.69, 9.17) is 10.2 Å². The molecule has 0 aromatic heterocycles. The second-order valence-corrected chi connectivity index (χ2v) is 5.57. The summed E-state index contributed by atoms with van der Waals surface area (Å²) in [4.78, 5) is 23.5. The molecule has 1 aromatic carbocycles. The van der Waals surface area contributed by atoms with Crippen LogP contribution >= 0.6 is 0 Å². The van der Waals surface area contributed by atoms with Gasteiger partial charge >= 0.3 is 6.09 Å². The van der Waals surface area contributed by atoms with Gasteiger partial charge in [-0.2, -0.15) is 0 Å². The average Bonchev–Trinajstić information content (AvgIpc) is 3.02. The zero-order valence-electron chi connectivity index (χ0n) is 13.5. The summed E-state index contributed by atoms with van der Waals surface area (Å²) < 4.78 is 0.